The Balaban J connectivity index is 0.942. The van der Waals surface area contributed by atoms with E-state index < -0.39 is 22.0 Å². The average molecular weight is 829 g/mol. The Morgan fingerprint density at radius 3 is 2.29 bits per heavy atom. The van der Waals surface area contributed by atoms with E-state index >= 15 is 0 Å². The molecule has 0 saturated carbocycles. The number of fused-ring (bicyclic) bond motifs is 4. The number of aryl methyl sites for hydroxylation is 2. The van der Waals surface area contributed by atoms with E-state index in [1.54, 1.807) is 35.6 Å². The molecule has 0 spiro atoms. The number of H-pyrrole nitrogens is 1. The van der Waals surface area contributed by atoms with Crippen LogP contribution in [0.15, 0.2) is 101 Å². The van der Waals surface area contributed by atoms with Crippen molar-refractivity contribution in [3.05, 3.63) is 146 Å². The molecule has 13 nitrogen and oxygen atoms in total. The molecular weight excluding hydrogens is 796 g/mol. The summed E-state index contributed by atoms with van der Waals surface area (Å²) in [7, 11) is -3.98. The fourth-order valence-corrected chi connectivity index (χ4v) is 9.52. The van der Waals surface area contributed by atoms with Crippen molar-refractivity contribution in [3.8, 4) is 22.2 Å². The topological polar surface area (TPSA) is 195 Å². The van der Waals surface area contributed by atoms with E-state index in [0.29, 0.717) is 50.0 Å². The molecule has 4 aromatic carbocycles. The lowest BCUT2D eigenvalue weighted by molar-refractivity contribution is -0.137. The van der Waals surface area contributed by atoms with Crippen LogP contribution in [0, 0.1) is 32.1 Å². The Labute approximate surface area is 341 Å². The number of carboxylic acids is 1. The summed E-state index contributed by atoms with van der Waals surface area (Å²) >= 11 is 7.86. The van der Waals surface area contributed by atoms with Gasteiger partial charge in [0.1, 0.15) is 22.9 Å². The number of aliphatic carboxylic acids is 1. The van der Waals surface area contributed by atoms with Gasteiger partial charge in [0.05, 0.1) is 38.8 Å². The van der Waals surface area contributed by atoms with Crippen LogP contribution in [0.1, 0.15) is 67.2 Å². The number of nitriles is 1. The molecular formula is C42H33ClN8O5S2. The normalized spacial score (nSPS) is 13.6. The van der Waals surface area contributed by atoms with Crippen molar-refractivity contribution in [2.75, 3.05) is 4.72 Å². The Bertz CT molecular complexity index is 2960. The van der Waals surface area contributed by atoms with Gasteiger partial charge in [0.25, 0.3) is 15.9 Å². The second kappa shape index (κ2) is 15.1. The zero-order valence-corrected chi connectivity index (χ0v) is 33.6. The van der Waals surface area contributed by atoms with E-state index in [9.17, 15) is 28.4 Å². The molecule has 58 heavy (non-hydrogen) atoms. The van der Waals surface area contributed by atoms with Gasteiger partial charge in [-0.3, -0.25) is 23.9 Å². The van der Waals surface area contributed by atoms with Gasteiger partial charge in [-0.1, -0.05) is 60.1 Å². The van der Waals surface area contributed by atoms with Gasteiger partial charge in [-0.2, -0.15) is 5.26 Å². The number of carbonyl (C=O) groups is 2. The molecule has 0 aliphatic carbocycles. The molecule has 7 aromatic rings. The minimum Gasteiger partial charge on any atom is -0.481 e. The highest BCUT2D eigenvalue weighted by molar-refractivity contribution is 7.92. The van der Waals surface area contributed by atoms with Crippen LogP contribution in [0.5, 0.6) is 0 Å². The molecule has 1 atom stereocenters. The van der Waals surface area contributed by atoms with Crippen LogP contribution in [-0.2, 0) is 21.4 Å². The van der Waals surface area contributed by atoms with Crippen molar-refractivity contribution in [1.82, 2.24) is 25.1 Å². The van der Waals surface area contributed by atoms with E-state index in [1.807, 2.05) is 60.9 Å². The van der Waals surface area contributed by atoms with Gasteiger partial charge >= 0.3 is 5.97 Å². The number of aromatic amines is 1. The molecule has 1 aliphatic rings. The van der Waals surface area contributed by atoms with Crippen LogP contribution in [0.3, 0.4) is 0 Å². The van der Waals surface area contributed by atoms with Gasteiger partial charge in [0.2, 0.25) is 0 Å². The molecule has 0 saturated heterocycles. The maximum atomic E-state index is 13.2. The van der Waals surface area contributed by atoms with Gasteiger partial charge in [-0.05, 0) is 79.4 Å². The van der Waals surface area contributed by atoms with Crippen LogP contribution < -0.4 is 10.0 Å². The molecule has 0 bridgehead atoms. The summed E-state index contributed by atoms with van der Waals surface area (Å²) in [4.78, 5) is 34.1. The number of nitrogens with zero attached hydrogens (tertiary/aromatic N) is 5. The highest BCUT2D eigenvalue weighted by Gasteiger charge is 2.32. The SMILES string of the molecule is Cc1sc2c(c1C)C(c1ccc(-c3ccc(C(=O)NCc4ccc(S(=O)(=O)Nc5ccc(Cl)c6c(C#N)c[nH]c56)cc4)cc3)cc1)=N[C@@H](CC(=O)O)c1nnc(C)n1-2. The second-order valence-electron chi connectivity index (χ2n) is 13.7. The van der Waals surface area contributed by atoms with Crippen molar-refractivity contribution in [2.24, 2.45) is 4.99 Å². The van der Waals surface area contributed by atoms with Crippen LogP contribution in [0.25, 0.3) is 27.0 Å². The van der Waals surface area contributed by atoms with E-state index in [-0.39, 0.29) is 29.5 Å². The summed E-state index contributed by atoms with van der Waals surface area (Å²) in [6, 6.07) is 25.7. The van der Waals surface area contributed by atoms with Crippen LogP contribution in [-0.4, -0.2) is 50.9 Å². The number of carbonyl (C=O) groups excluding carboxylic acids is 1. The predicted octanol–water partition coefficient (Wildman–Crippen LogP) is 8.03. The Morgan fingerprint density at radius 2 is 1.62 bits per heavy atom. The maximum Gasteiger partial charge on any atom is 0.306 e. The zero-order chi connectivity index (χ0) is 40.9. The van der Waals surface area contributed by atoms with Crippen LogP contribution in [0.4, 0.5) is 5.69 Å². The Hall–Kier alpha value is -6.60. The summed E-state index contributed by atoms with van der Waals surface area (Å²) < 4.78 is 30.9. The molecule has 4 N–H and O–H groups in total. The van der Waals surface area contributed by atoms with Crippen molar-refractivity contribution in [1.29, 1.82) is 5.26 Å². The lowest BCUT2D eigenvalue weighted by atomic mass is 9.96. The number of hydrogen-bond donors (Lipinski definition) is 4. The highest BCUT2D eigenvalue weighted by Crippen LogP contribution is 2.40. The van der Waals surface area contributed by atoms with Crippen LogP contribution >= 0.6 is 22.9 Å². The van der Waals surface area contributed by atoms with Gasteiger partial charge in [-0.15, -0.1) is 21.5 Å². The van der Waals surface area contributed by atoms with Crippen molar-refractivity contribution < 1.29 is 23.1 Å². The predicted molar refractivity (Wildman–Crippen MR) is 222 cm³/mol. The van der Waals surface area contributed by atoms with Crippen molar-refractivity contribution in [2.45, 2.75) is 44.7 Å². The summed E-state index contributed by atoms with van der Waals surface area (Å²) in [5.41, 5.74) is 7.46. The lowest BCUT2D eigenvalue weighted by Crippen LogP contribution is -2.22. The fourth-order valence-electron chi connectivity index (χ4n) is 6.98. The number of hydrogen-bond acceptors (Lipinski definition) is 9. The Morgan fingerprint density at radius 1 is 0.948 bits per heavy atom. The number of aromatic nitrogens is 4. The number of anilines is 1. The summed E-state index contributed by atoms with van der Waals surface area (Å²) in [5.74, 6) is -0.102. The van der Waals surface area contributed by atoms with E-state index in [2.05, 4.69) is 32.1 Å². The summed E-state index contributed by atoms with van der Waals surface area (Å²) in [5, 5.41) is 32.3. The Kier molecular flexibility index (Phi) is 9.93. The smallest absolute Gasteiger partial charge is 0.306 e. The molecule has 0 radical (unpaired) electrons. The minimum atomic E-state index is -3.98. The zero-order valence-electron chi connectivity index (χ0n) is 31.2. The molecule has 4 heterocycles. The molecule has 1 aliphatic heterocycles. The number of benzene rings is 4. The summed E-state index contributed by atoms with van der Waals surface area (Å²) in [6.45, 7) is 6.12. The minimum absolute atomic E-state index is 0.0210. The maximum absolute atomic E-state index is 13.2. The van der Waals surface area contributed by atoms with Crippen molar-refractivity contribution >= 4 is 67.1 Å². The molecule has 290 valence electrons. The molecule has 0 unspecified atom stereocenters. The third-order valence-electron chi connectivity index (χ3n) is 10.1. The van der Waals surface area contributed by atoms with Gasteiger partial charge in [0, 0.05) is 39.7 Å². The first-order valence-electron chi connectivity index (χ1n) is 18.0. The quantitative estimate of drug-likeness (QED) is 0.106. The molecule has 16 heteroatoms. The fraction of sp³-hybridized carbons (Fsp3) is 0.143. The molecule has 8 rings (SSSR count). The molecule has 0 fully saturated rings. The number of nitrogens with one attached hydrogen (secondary N) is 3. The largest absolute Gasteiger partial charge is 0.481 e. The molecule has 3 aromatic heterocycles. The number of halogens is 1. The first-order valence-corrected chi connectivity index (χ1v) is 20.6. The number of carboxylic acid groups (broad SMARTS) is 1. The van der Waals surface area contributed by atoms with Gasteiger partial charge in [0.15, 0.2) is 5.82 Å². The van der Waals surface area contributed by atoms with Crippen LogP contribution in [0.2, 0.25) is 5.02 Å². The highest BCUT2D eigenvalue weighted by atomic mass is 35.5. The van der Waals surface area contributed by atoms with E-state index in [4.69, 9.17) is 16.6 Å². The van der Waals surface area contributed by atoms with Crippen molar-refractivity contribution in [3.63, 3.8) is 0 Å². The summed E-state index contributed by atoms with van der Waals surface area (Å²) in [6.07, 6.45) is 1.25. The first-order chi connectivity index (χ1) is 27.8. The molecule has 1 amide bonds. The number of rotatable bonds is 10. The second-order valence-corrected chi connectivity index (χ2v) is 17.0. The van der Waals surface area contributed by atoms with Gasteiger partial charge < -0.3 is 15.4 Å². The third-order valence-corrected chi connectivity index (χ3v) is 13.0. The number of thiophene rings is 1. The third kappa shape index (κ3) is 7.02. The van der Waals surface area contributed by atoms with E-state index in [0.717, 1.165) is 37.7 Å². The number of aliphatic imine (C=N–C) groups is 1. The number of sulfonamides is 1. The standard InChI is InChI=1S/C42H33ClN8O5S2/c1-22-23(2)57-42-36(22)38(47-34(18-35(52)53)40-49-48-24(3)51(40)42)28-10-6-26(7-11-28)27-8-12-29(13-9-27)41(54)46-20-25-4-14-31(15-5-25)58(55,56)50-33-17-16-32(43)37-30(19-44)21-45-39(33)37/h4-17,21,34,45,50H,18,20H2,1-3H3,(H,46,54)(H,52,53)/t34-/m0/s1. The monoisotopic (exact) mass is 828 g/mol. The van der Waals surface area contributed by atoms with Gasteiger partial charge in [-0.25, -0.2) is 8.42 Å². The van der Waals surface area contributed by atoms with E-state index in [1.165, 1.54) is 30.5 Å². The average Bonchev–Trinajstić information content (AvgIpc) is 3.89. The lowest BCUT2D eigenvalue weighted by Gasteiger charge is -2.12. The first kappa shape index (κ1) is 38.3. The number of amides is 1.